The van der Waals surface area contributed by atoms with Crippen LogP contribution in [0.4, 0.5) is 22.7 Å². The Morgan fingerprint density at radius 1 is 0.479 bits per heavy atom. The van der Waals surface area contributed by atoms with Gasteiger partial charge in [0, 0.05) is 51.4 Å². The van der Waals surface area contributed by atoms with Crippen LogP contribution in [0.1, 0.15) is 5.56 Å². The number of aromatic nitrogens is 2. The lowest BCUT2D eigenvalue weighted by molar-refractivity contribution is 0.308. The molecule has 48 heavy (non-hydrogen) atoms. The van der Waals surface area contributed by atoms with Gasteiger partial charge in [-0.2, -0.15) is 0 Å². The van der Waals surface area contributed by atoms with Crippen LogP contribution in [-0.2, 0) is 6.61 Å². The molecule has 0 aliphatic heterocycles. The molecule has 5 nitrogen and oxygen atoms in total. The van der Waals surface area contributed by atoms with Crippen LogP contribution >= 0.6 is 0 Å². The summed E-state index contributed by atoms with van der Waals surface area (Å²) < 4.78 is 6.01. The number of nitrogen functional groups attached to an aromatic ring is 1. The van der Waals surface area contributed by atoms with E-state index >= 15 is 0 Å². The van der Waals surface area contributed by atoms with Gasteiger partial charge < -0.3 is 15.4 Å². The van der Waals surface area contributed by atoms with Gasteiger partial charge in [-0.1, -0.05) is 84.9 Å². The minimum Gasteiger partial charge on any atom is -0.487 e. The number of ether oxygens (including phenoxy) is 1. The van der Waals surface area contributed by atoms with Gasteiger partial charge in [-0.3, -0.25) is 9.97 Å². The molecule has 0 saturated heterocycles. The molecule has 0 atom stereocenters. The Labute approximate surface area is 279 Å². The van der Waals surface area contributed by atoms with Crippen molar-refractivity contribution in [3.05, 3.63) is 176 Å². The van der Waals surface area contributed by atoms with E-state index in [0.29, 0.717) is 18.0 Å². The molecule has 0 fully saturated rings. The maximum Gasteiger partial charge on any atom is 0.142 e. The van der Waals surface area contributed by atoms with Gasteiger partial charge in [0.1, 0.15) is 12.4 Å². The average Bonchev–Trinajstić information content (AvgIpc) is 3.15. The fourth-order valence-corrected chi connectivity index (χ4v) is 6.03. The topological polar surface area (TPSA) is 64.3 Å². The number of hydrogen-bond donors (Lipinski definition) is 1. The number of pyridine rings is 2. The highest BCUT2D eigenvalue weighted by Gasteiger charge is 2.14. The largest absolute Gasteiger partial charge is 0.487 e. The highest BCUT2D eigenvalue weighted by atomic mass is 16.5. The highest BCUT2D eigenvalue weighted by molar-refractivity contribution is 5.86. The third-order valence-electron chi connectivity index (χ3n) is 8.61. The standard InChI is InChI=1S/C43H32N4O/c44-40-9-3-6-12-43(40)48-29-30-13-19-37(20-14-30)47(38-21-15-31(16-22-38)35-25-33-7-1-4-10-41(33)45-27-35)39-23-17-32(18-24-39)36-26-34-8-2-5-11-42(34)46-28-36/h1-28H,29,44H2. The predicted molar refractivity (Wildman–Crippen MR) is 198 cm³/mol. The van der Waals surface area contributed by atoms with E-state index in [2.05, 4.69) is 112 Å². The van der Waals surface area contributed by atoms with E-state index in [0.717, 1.165) is 66.7 Å². The number of hydrogen-bond acceptors (Lipinski definition) is 5. The summed E-state index contributed by atoms with van der Waals surface area (Å²) in [5, 5.41) is 2.25. The zero-order valence-corrected chi connectivity index (χ0v) is 26.2. The van der Waals surface area contributed by atoms with Crippen LogP contribution in [0, 0.1) is 0 Å². The van der Waals surface area contributed by atoms with Gasteiger partial charge in [-0.05, 0) is 89.5 Å². The molecular weight excluding hydrogens is 589 g/mol. The summed E-state index contributed by atoms with van der Waals surface area (Å²) in [5.74, 6) is 0.687. The summed E-state index contributed by atoms with van der Waals surface area (Å²) in [4.78, 5) is 11.6. The van der Waals surface area contributed by atoms with Crippen molar-refractivity contribution in [2.45, 2.75) is 6.61 Å². The molecule has 0 spiro atoms. The molecule has 6 aromatic carbocycles. The van der Waals surface area contributed by atoms with E-state index in [1.807, 2.05) is 73.1 Å². The Balaban J connectivity index is 1.12. The van der Waals surface area contributed by atoms with E-state index in [-0.39, 0.29) is 0 Å². The molecule has 2 N–H and O–H groups in total. The maximum atomic E-state index is 6.08. The van der Waals surface area contributed by atoms with Gasteiger partial charge in [0.05, 0.1) is 16.7 Å². The Morgan fingerprint density at radius 3 is 1.46 bits per heavy atom. The molecule has 8 rings (SSSR count). The number of anilines is 4. The summed E-state index contributed by atoms with van der Waals surface area (Å²) in [5.41, 5.74) is 17.3. The number of nitrogens with zero attached hydrogens (tertiary/aromatic N) is 3. The molecule has 2 aromatic heterocycles. The zero-order chi connectivity index (χ0) is 32.3. The zero-order valence-electron chi connectivity index (χ0n) is 26.2. The lowest BCUT2D eigenvalue weighted by atomic mass is 10.0. The Bertz CT molecular complexity index is 2230. The average molecular weight is 621 g/mol. The first-order chi connectivity index (χ1) is 23.7. The SMILES string of the molecule is Nc1ccccc1OCc1ccc(N(c2ccc(-c3cnc4ccccc4c3)cc2)c2ccc(-c3cnc4ccccc4c3)cc2)cc1. The van der Waals surface area contributed by atoms with E-state index < -0.39 is 0 Å². The Morgan fingerprint density at radius 2 is 0.938 bits per heavy atom. The van der Waals surface area contributed by atoms with E-state index in [4.69, 9.17) is 10.5 Å². The van der Waals surface area contributed by atoms with E-state index in [1.54, 1.807) is 0 Å². The number of benzene rings is 6. The van der Waals surface area contributed by atoms with Crippen LogP contribution in [0.5, 0.6) is 5.75 Å². The molecule has 5 heteroatoms. The van der Waals surface area contributed by atoms with Gasteiger partial charge in [-0.25, -0.2) is 0 Å². The lowest BCUT2D eigenvalue weighted by Gasteiger charge is -2.26. The van der Waals surface area contributed by atoms with E-state index in [9.17, 15) is 0 Å². The normalized spacial score (nSPS) is 11.1. The van der Waals surface area contributed by atoms with Crippen LogP contribution in [0.3, 0.4) is 0 Å². The van der Waals surface area contributed by atoms with Crippen LogP contribution in [-0.4, -0.2) is 9.97 Å². The third-order valence-corrected chi connectivity index (χ3v) is 8.61. The first-order valence-corrected chi connectivity index (χ1v) is 15.9. The molecule has 0 saturated carbocycles. The number of para-hydroxylation sites is 4. The number of fused-ring (bicyclic) bond motifs is 2. The van der Waals surface area contributed by atoms with Crippen molar-refractivity contribution in [3.8, 4) is 28.0 Å². The summed E-state index contributed by atoms with van der Waals surface area (Å²) >= 11 is 0. The summed E-state index contributed by atoms with van der Waals surface area (Å²) in [6.45, 7) is 0.428. The van der Waals surface area contributed by atoms with Crippen molar-refractivity contribution in [3.63, 3.8) is 0 Å². The third kappa shape index (κ3) is 5.93. The fraction of sp³-hybridized carbons (Fsp3) is 0.0233. The lowest BCUT2D eigenvalue weighted by Crippen LogP contribution is -2.10. The number of nitrogens with two attached hydrogens (primary N) is 1. The second kappa shape index (κ2) is 12.7. The summed E-state index contributed by atoms with van der Waals surface area (Å²) in [6.07, 6.45) is 3.89. The van der Waals surface area contributed by atoms with Gasteiger partial charge in [-0.15, -0.1) is 0 Å². The fourth-order valence-electron chi connectivity index (χ4n) is 6.03. The van der Waals surface area contributed by atoms with Gasteiger partial charge in [0.25, 0.3) is 0 Å². The van der Waals surface area contributed by atoms with Crippen molar-refractivity contribution in [2.75, 3.05) is 10.6 Å². The van der Waals surface area contributed by atoms with Crippen molar-refractivity contribution in [2.24, 2.45) is 0 Å². The molecule has 230 valence electrons. The quantitative estimate of drug-likeness (QED) is 0.171. The summed E-state index contributed by atoms with van der Waals surface area (Å²) in [6, 6.07) is 54.2. The van der Waals surface area contributed by atoms with Crippen LogP contribution in [0.15, 0.2) is 170 Å². The molecule has 0 aliphatic carbocycles. The molecule has 0 aliphatic rings. The Kier molecular flexibility index (Phi) is 7.69. The first kappa shape index (κ1) is 29.0. The summed E-state index contributed by atoms with van der Waals surface area (Å²) in [7, 11) is 0. The molecule has 0 amide bonds. The van der Waals surface area contributed by atoms with Crippen molar-refractivity contribution in [1.29, 1.82) is 0 Å². The molecule has 8 aromatic rings. The van der Waals surface area contributed by atoms with Crippen LogP contribution in [0.2, 0.25) is 0 Å². The van der Waals surface area contributed by atoms with Crippen molar-refractivity contribution >= 4 is 44.6 Å². The minimum absolute atomic E-state index is 0.428. The smallest absolute Gasteiger partial charge is 0.142 e. The molecule has 0 unspecified atom stereocenters. The molecular formula is C43H32N4O. The van der Waals surface area contributed by atoms with Crippen molar-refractivity contribution in [1.82, 2.24) is 9.97 Å². The van der Waals surface area contributed by atoms with Crippen LogP contribution in [0.25, 0.3) is 44.1 Å². The van der Waals surface area contributed by atoms with Gasteiger partial charge in [0.2, 0.25) is 0 Å². The predicted octanol–water partition coefficient (Wildman–Crippen LogP) is 10.7. The molecule has 0 radical (unpaired) electrons. The van der Waals surface area contributed by atoms with E-state index in [1.165, 1.54) is 0 Å². The van der Waals surface area contributed by atoms with Crippen LogP contribution < -0.4 is 15.4 Å². The highest BCUT2D eigenvalue weighted by Crippen LogP contribution is 2.37. The maximum absolute atomic E-state index is 6.08. The minimum atomic E-state index is 0.428. The first-order valence-electron chi connectivity index (χ1n) is 15.9. The van der Waals surface area contributed by atoms with Gasteiger partial charge in [0.15, 0.2) is 0 Å². The second-order valence-electron chi connectivity index (χ2n) is 11.8. The number of rotatable bonds is 8. The van der Waals surface area contributed by atoms with Gasteiger partial charge >= 0.3 is 0 Å². The monoisotopic (exact) mass is 620 g/mol. The Hall–Kier alpha value is -6.46. The molecule has 0 bridgehead atoms. The second-order valence-corrected chi connectivity index (χ2v) is 11.8. The molecule has 2 heterocycles. The van der Waals surface area contributed by atoms with Crippen molar-refractivity contribution < 1.29 is 4.74 Å².